The van der Waals surface area contributed by atoms with Crippen molar-refractivity contribution in [2.45, 2.75) is 25.3 Å². The van der Waals surface area contributed by atoms with Gasteiger partial charge in [-0.15, -0.1) is 0 Å². The molecule has 4 heteroatoms. The number of aliphatic hydroxyl groups excluding tert-OH is 1. The Bertz CT molecular complexity index is 191. The highest BCUT2D eigenvalue weighted by atomic mass is 16.5. The zero-order valence-corrected chi connectivity index (χ0v) is 10.8. The molecule has 1 atom stereocenters. The van der Waals surface area contributed by atoms with E-state index in [9.17, 15) is 5.11 Å². The third-order valence-corrected chi connectivity index (χ3v) is 3.51. The van der Waals surface area contributed by atoms with Crippen LogP contribution in [0.5, 0.6) is 0 Å². The van der Waals surface area contributed by atoms with E-state index in [1.54, 1.807) is 0 Å². The average Bonchev–Trinajstić information content (AvgIpc) is 3.11. The lowest BCUT2D eigenvalue weighted by atomic mass is 9.93. The van der Waals surface area contributed by atoms with Crippen molar-refractivity contribution in [2.24, 2.45) is 5.92 Å². The molecule has 0 aromatic rings. The molecule has 0 amide bonds. The van der Waals surface area contributed by atoms with Gasteiger partial charge in [0.05, 0.1) is 18.8 Å². The summed E-state index contributed by atoms with van der Waals surface area (Å²) in [6, 6.07) is 0. The number of likely N-dealkylation sites (N-methyl/N-ethyl adjacent to an activating group) is 2. The van der Waals surface area contributed by atoms with Crippen LogP contribution in [-0.4, -0.2) is 62.6 Å². The van der Waals surface area contributed by atoms with Crippen molar-refractivity contribution in [3.8, 4) is 0 Å². The molecule has 1 aliphatic carbocycles. The summed E-state index contributed by atoms with van der Waals surface area (Å²) in [5, 5.41) is 12.9. The van der Waals surface area contributed by atoms with Crippen LogP contribution in [0, 0.1) is 5.92 Å². The second kappa shape index (κ2) is 6.55. The van der Waals surface area contributed by atoms with E-state index in [4.69, 9.17) is 4.74 Å². The second-order valence-electron chi connectivity index (χ2n) is 4.77. The largest absolute Gasteiger partial charge is 0.394 e. The number of hydrogen-bond donors (Lipinski definition) is 2. The molecule has 0 spiro atoms. The normalized spacial score (nSPS) is 20.1. The third-order valence-electron chi connectivity index (χ3n) is 3.51. The van der Waals surface area contributed by atoms with Gasteiger partial charge in [0.1, 0.15) is 0 Å². The van der Waals surface area contributed by atoms with E-state index < -0.39 is 0 Å². The summed E-state index contributed by atoms with van der Waals surface area (Å²) < 4.78 is 5.34. The molecule has 0 saturated heterocycles. The Morgan fingerprint density at radius 3 is 2.62 bits per heavy atom. The Labute approximate surface area is 99.0 Å². The summed E-state index contributed by atoms with van der Waals surface area (Å²) >= 11 is 0. The summed E-state index contributed by atoms with van der Waals surface area (Å²) in [7, 11) is 4.04. The SMILES string of the molecule is CCOCCN(C)CC(CO)(NC)C1CC1. The first kappa shape index (κ1) is 13.9. The molecule has 1 unspecified atom stereocenters. The molecule has 0 bridgehead atoms. The highest BCUT2D eigenvalue weighted by molar-refractivity contribution is 5.01. The van der Waals surface area contributed by atoms with Crippen LogP contribution in [0.1, 0.15) is 19.8 Å². The van der Waals surface area contributed by atoms with Crippen LogP contribution in [0.2, 0.25) is 0 Å². The van der Waals surface area contributed by atoms with E-state index in [1.807, 2.05) is 14.0 Å². The second-order valence-corrected chi connectivity index (χ2v) is 4.77. The number of rotatable bonds is 9. The molecule has 1 saturated carbocycles. The first-order valence-corrected chi connectivity index (χ1v) is 6.24. The van der Waals surface area contributed by atoms with Crippen molar-refractivity contribution in [3.05, 3.63) is 0 Å². The van der Waals surface area contributed by atoms with Crippen LogP contribution in [0.4, 0.5) is 0 Å². The fourth-order valence-corrected chi connectivity index (χ4v) is 2.23. The van der Waals surface area contributed by atoms with Gasteiger partial charge in [-0.1, -0.05) is 0 Å². The standard InChI is InChI=1S/C12H26N2O2/c1-4-16-8-7-14(3)9-12(10-15,13-2)11-5-6-11/h11,13,15H,4-10H2,1-3H3. The summed E-state index contributed by atoms with van der Waals surface area (Å²) in [5.41, 5.74) is -0.110. The number of hydrogen-bond acceptors (Lipinski definition) is 4. The van der Waals surface area contributed by atoms with Gasteiger partial charge in [0, 0.05) is 19.7 Å². The van der Waals surface area contributed by atoms with Crippen molar-refractivity contribution in [3.63, 3.8) is 0 Å². The fraction of sp³-hybridized carbons (Fsp3) is 1.00. The van der Waals surface area contributed by atoms with Crippen molar-refractivity contribution >= 4 is 0 Å². The molecule has 96 valence electrons. The monoisotopic (exact) mass is 230 g/mol. The quantitative estimate of drug-likeness (QED) is 0.560. The lowest BCUT2D eigenvalue weighted by molar-refractivity contribution is 0.0806. The van der Waals surface area contributed by atoms with Gasteiger partial charge in [0.25, 0.3) is 0 Å². The first-order valence-electron chi connectivity index (χ1n) is 6.24. The van der Waals surface area contributed by atoms with Crippen molar-refractivity contribution in [1.82, 2.24) is 10.2 Å². The molecule has 0 heterocycles. The lowest BCUT2D eigenvalue weighted by Crippen LogP contribution is -2.56. The minimum Gasteiger partial charge on any atom is -0.394 e. The van der Waals surface area contributed by atoms with Crippen LogP contribution >= 0.6 is 0 Å². The summed E-state index contributed by atoms with van der Waals surface area (Å²) in [6.07, 6.45) is 2.47. The van der Waals surface area contributed by atoms with E-state index in [0.29, 0.717) is 5.92 Å². The van der Waals surface area contributed by atoms with Gasteiger partial charge in [-0.05, 0) is 39.8 Å². The van der Waals surface area contributed by atoms with Gasteiger partial charge in [0.2, 0.25) is 0 Å². The van der Waals surface area contributed by atoms with Crippen LogP contribution in [0.15, 0.2) is 0 Å². The van der Waals surface area contributed by atoms with Gasteiger partial charge >= 0.3 is 0 Å². The summed E-state index contributed by atoms with van der Waals surface area (Å²) in [4.78, 5) is 2.24. The maximum absolute atomic E-state index is 9.59. The number of nitrogens with one attached hydrogen (secondary N) is 1. The maximum Gasteiger partial charge on any atom is 0.0628 e. The Morgan fingerprint density at radius 2 is 2.19 bits per heavy atom. The van der Waals surface area contributed by atoms with Gasteiger partial charge in [-0.3, -0.25) is 0 Å². The molecule has 1 rings (SSSR count). The Hall–Kier alpha value is -0.160. The minimum absolute atomic E-state index is 0.110. The third kappa shape index (κ3) is 3.70. The lowest BCUT2D eigenvalue weighted by Gasteiger charge is -2.35. The Kier molecular flexibility index (Phi) is 5.69. The van der Waals surface area contributed by atoms with E-state index in [1.165, 1.54) is 12.8 Å². The van der Waals surface area contributed by atoms with Crippen molar-refractivity contribution in [1.29, 1.82) is 0 Å². The molecule has 16 heavy (non-hydrogen) atoms. The van der Waals surface area contributed by atoms with Crippen molar-refractivity contribution in [2.75, 3.05) is 47.0 Å². The highest BCUT2D eigenvalue weighted by Crippen LogP contribution is 2.39. The van der Waals surface area contributed by atoms with Crippen LogP contribution in [0.25, 0.3) is 0 Å². The van der Waals surface area contributed by atoms with Crippen molar-refractivity contribution < 1.29 is 9.84 Å². The fourth-order valence-electron chi connectivity index (χ4n) is 2.23. The van der Waals surface area contributed by atoms with Gasteiger partial charge in [0.15, 0.2) is 0 Å². The maximum atomic E-state index is 9.59. The number of ether oxygens (including phenoxy) is 1. The molecule has 0 aliphatic heterocycles. The van der Waals surface area contributed by atoms with Crippen LogP contribution in [-0.2, 0) is 4.74 Å². The number of aliphatic hydroxyl groups is 1. The van der Waals surface area contributed by atoms with E-state index in [-0.39, 0.29) is 12.1 Å². The topological polar surface area (TPSA) is 44.7 Å². The summed E-state index contributed by atoms with van der Waals surface area (Å²) in [6.45, 7) is 5.57. The van der Waals surface area contributed by atoms with Crippen LogP contribution in [0.3, 0.4) is 0 Å². The van der Waals surface area contributed by atoms with E-state index in [0.717, 1.165) is 26.3 Å². The van der Waals surface area contributed by atoms with E-state index in [2.05, 4.69) is 17.3 Å². The van der Waals surface area contributed by atoms with Crippen LogP contribution < -0.4 is 5.32 Å². The molecule has 0 aromatic carbocycles. The zero-order valence-electron chi connectivity index (χ0n) is 10.8. The van der Waals surface area contributed by atoms with Gasteiger partial charge in [-0.2, -0.15) is 0 Å². The summed E-state index contributed by atoms with van der Waals surface area (Å²) in [5.74, 6) is 0.636. The highest BCUT2D eigenvalue weighted by Gasteiger charge is 2.44. The molecular weight excluding hydrogens is 204 g/mol. The zero-order chi connectivity index (χ0) is 12.0. The average molecular weight is 230 g/mol. The predicted molar refractivity (Wildman–Crippen MR) is 65.6 cm³/mol. The molecule has 0 radical (unpaired) electrons. The molecule has 4 nitrogen and oxygen atoms in total. The molecule has 0 aromatic heterocycles. The molecule has 1 fully saturated rings. The van der Waals surface area contributed by atoms with E-state index >= 15 is 0 Å². The molecule has 2 N–H and O–H groups in total. The van der Waals surface area contributed by atoms with Gasteiger partial charge in [-0.25, -0.2) is 0 Å². The predicted octanol–water partition coefficient (Wildman–Crippen LogP) is 0.315. The minimum atomic E-state index is -0.110. The smallest absolute Gasteiger partial charge is 0.0628 e. The number of nitrogens with zero attached hydrogens (tertiary/aromatic N) is 1. The molecule has 1 aliphatic rings. The Balaban J connectivity index is 2.35. The van der Waals surface area contributed by atoms with Gasteiger partial charge < -0.3 is 20.1 Å². The Morgan fingerprint density at radius 1 is 1.50 bits per heavy atom. The first-order chi connectivity index (χ1) is 7.68. The molecular formula is C12H26N2O2.